The Morgan fingerprint density at radius 1 is 0.805 bits per heavy atom. The molecule has 0 saturated heterocycles. The predicted octanol–water partition coefficient (Wildman–Crippen LogP) is 8.01. The van der Waals surface area contributed by atoms with Crippen LogP contribution in [0.5, 0.6) is 5.75 Å². The van der Waals surface area contributed by atoms with Gasteiger partial charge in [0.15, 0.2) is 0 Å². The van der Waals surface area contributed by atoms with Crippen LogP contribution >= 0.6 is 0 Å². The highest BCUT2D eigenvalue weighted by Crippen LogP contribution is 2.25. The molecular weight excluding hydrogens is 506 g/mol. The first-order valence-corrected chi connectivity index (χ1v) is 14.2. The average molecular weight is 540 g/mol. The SMILES string of the molecule is CCCCNC(=O)c1ccc2c(c1)nc(COc1ccc3ccccc3c1)n2Cc1ccc(-c2ccccc2)cc1. The topological polar surface area (TPSA) is 56.1 Å². The molecule has 0 aliphatic rings. The summed E-state index contributed by atoms with van der Waals surface area (Å²) in [5.74, 6) is 1.54. The van der Waals surface area contributed by atoms with Gasteiger partial charge in [-0.05, 0) is 64.2 Å². The summed E-state index contributed by atoms with van der Waals surface area (Å²) in [6.45, 7) is 3.74. The van der Waals surface area contributed by atoms with Gasteiger partial charge in [-0.2, -0.15) is 0 Å². The van der Waals surface area contributed by atoms with E-state index >= 15 is 0 Å². The molecule has 0 fully saturated rings. The highest BCUT2D eigenvalue weighted by atomic mass is 16.5. The van der Waals surface area contributed by atoms with E-state index in [4.69, 9.17) is 9.72 Å². The smallest absolute Gasteiger partial charge is 0.251 e. The molecule has 0 unspecified atom stereocenters. The number of carbonyl (C=O) groups excluding carboxylic acids is 1. The van der Waals surface area contributed by atoms with Gasteiger partial charge in [0.25, 0.3) is 5.91 Å². The number of nitrogens with one attached hydrogen (secondary N) is 1. The van der Waals surface area contributed by atoms with E-state index in [0.29, 0.717) is 25.3 Å². The maximum atomic E-state index is 12.7. The second-order valence-electron chi connectivity index (χ2n) is 10.3. The summed E-state index contributed by atoms with van der Waals surface area (Å²) in [6, 6.07) is 39.2. The van der Waals surface area contributed by atoms with E-state index in [0.717, 1.165) is 46.4 Å². The van der Waals surface area contributed by atoms with Gasteiger partial charge in [0, 0.05) is 18.7 Å². The lowest BCUT2D eigenvalue weighted by Crippen LogP contribution is -2.24. The minimum absolute atomic E-state index is 0.0691. The van der Waals surface area contributed by atoms with Crippen LogP contribution in [0.4, 0.5) is 0 Å². The minimum atomic E-state index is -0.0691. The van der Waals surface area contributed by atoms with Crippen LogP contribution in [0.2, 0.25) is 0 Å². The number of unbranched alkanes of at least 4 members (excludes halogenated alkanes) is 1. The number of imidazole rings is 1. The van der Waals surface area contributed by atoms with Crippen LogP contribution in [0.1, 0.15) is 41.5 Å². The Labute approximate surface area is 240 Å². The third-order valence-corrected chi connectivity index (χ3v) is 7.40. The van der Waals surface area contributed by atoms with Crippen molar-refractivity contribution in [3.63, 3.8) is 0 Å². The van der Waals surface area contributed by atoms with Crippen molar-refractivity contribution in [1.29, 1.82) is 0 Å². The lowest BCUT2D eigenvalue weighted by Gasteiger charge is -2.12. The van der Waals surface area contributed by atoms with E-state index in [1.54, 1.807) is 0 Å². The van der Waals surface area contributed by atoms with Crippen LogP contribution in [0.25, 0.3) is 32.9 Å². The quantitative estimate of drug-likeness (QED) is 0.179. The minimum Gasteiger partial charge on any atom is -0.486 e. The fourth-order valence-electron chi connectivity index (χ4n) is 5.11. The molecule has 204 valence electrons. The van der Waals surface area contributed by atoms with E-state index in [1.807, 2.05) is 42.5 Å². The molecule has 0 aliphatic heterocycles. The molecule has 0 saturated carbocycles. The van der Waals surface area contributed by atoms with Gasteiger partial charge >= 0.3 is 0 Å². The van der Waals surface area contributed by atoms with Crippen molar-refractivity contribution >= 4 is 27.7 Å². The Morgan fingerprint density at radius 2 is 1.56 bits per heavy atom. The van der Waals surface area contributed by atoms with Crippen LogP contribution in [0.3, 0.4) is 0 Å². The van der Waals surface area contributed by atoms with Crippen molar-refractivity contribution in [1.82, 2.24) is 14.9 Å². The molecule has 5 heteroatoms. The van der Waals surface area contributed by atoms with Crippen molar-refractivity contribution < 1.29 is 9.53 Å². The number of hydrogen-bond donors (Lipinski definition) is 1. The standard InChI is InChI=1S/C36H33N3O2/c1-2-3-21-37-36(40)31-18-20-34-33(23-31)38-35(25-41-32-19-17-28-11-7-8-12-30(28)22-32)39(34)24-26-13-15-29(16-14-26)27-9-5-4-6-10-27/h4-20,22-23H,2-3,21,24-25H2,1H3,(H,37,40). The molecule has 5 aromatic carbocycles. The first-order chi connectivity index (χ1) is 20.2. The van der Waals surface area contributed by atoms with Gasteiger partial charge in [-0.15, -0.1) is 0 Å². The van der Waals surface area contributed by atoms with Gasteiger partial charge in [-0.3, -0.25) is 4.79 Å². The summed E-state index contributed by atoms with van der Waals surface area (Å²) < 4.78 is 8.45. The van der Waals surface area contributed by atoms with Crippen LogP contribution in [0, 0.1) is 0 Å². The van der Waals surface area contributed by atoms with Gasteiger partial charge in [0.1, 0.15) is 18.2 Å². The second-order valence-corrected chi connectivity index (χ2v) is 10.3. The van der Waals surface area contributed by atoms with Crippen molar-refractivity contribution in [3.8, 4) is 16.9 Å². The molecule has 0 spiro atoms. The molecule has 0 aliphatic carbocycles. The molecular formula is C36H33N3O2. The lowest BCUT2D eigenvalue weighted by molar-refractivity contribution is 0.0953. The Kier molecular flexibility index (Phi) is 7.76. The van der Waals surface area contributed by atoms with E-state index < -0.39 is 0 Å². The number of rotatable bonds is 10. The Morgan fingerprint density at radius 3 is 2.37 bits per heavy atom. The third kappa shape index (κ3) is 5.99. The van der Waals surface area contributed by atoms with Crippen LogP contribution < -0.4 is 10.1 Å². The summed E-state index contributed by atoms with van der Waals surface area (Å²) in [4.78, 5) is 17.7. The maximum Gasteiger partial charge on any atom is 0.251 e. The Hall–Kier alpha value is -4.90. The zero-order valence-corrected chi connectivity index (χ0v) is 23.2. The number of carbonyl (C=O) groups is 1. The van der Waals surface area contributed by atoms with E-state index in [1.165, 1.54) is 16.5 Å². The first-order valence-electron chi connectivity index (χ1n) is 14.2. The largest absolute Gasteiger partial charge is 0.486 e. The lowest BCUT2D eigenvalue weighted by atomic mass is 10.0. The van der Waals surface area contributed by atoms with Gasteiger partial charge in [-0.25, -0.2) is 4.98 Å². The van der Waals surface area contributed by atoms with Crippen molar-refractivity contribution in [2.24, 2.45) is 0 Å². The number of amides is 1. The highest BCUT2D eigenvalue weighted by Gasteiger charge is 2.15. The summed E-state index contributed by atoms with van der Waals surface area (Å²) in [5, 5.41) is 5.32. The number of ether oxygens (including phenoxy) is 1. The molecule has 6 rings (SSSR count). The van der Waals surface area contributed by atoms with Crippen LogP contribution in [-0.4, -0.2) is 22.0 Å². The predicted molar refractivity (Wildman–Crippen MR) is 166 cm³/mol. The zero-order chi connectivity index (χ0) is 28.0. The first kappa shape index (κ1) is 26.3. The fraction of sp³-hybridized carbons (Fsp3) is 0.167. The number of fused-ring (bicyclic) bond motifs is 2. The summed E-state index contributed by atoms with van der Waals surface area (Å²) >= 11 is 0. The molecule has 6 aromatic rings. The maximum absolute atomic E-state index is 12.7. The Bertz CT molecular complexity index is 1790. The number of nitrogens with zero attached hydrogens (tertiary/aromatic N) is 2. The molecule has 5 nitrogen and oxygen atoms in total. The third-order valence-electron chi connectivity index (χ3n) is 7.40. The van der Waals surface area contributed by atoms with Gasteiger partial charge < -0.3 is 14.6 Å². The molecule has 1 heterocycles. The average Bonchev–Trinajstić information content (AvgIpc) is 3.37. The van der Waals surface area contributed by atoms with E-state index in [2.05, 4.69) is 89.6 Å². The van der Waals surface area contributed by atoms with Gasteiger partial charge in [-0.1, -0.05) is 98.3 Å². The summed E-state index contributed by atoms with van der Waals surface area (Å²) in [5.41, 5.74) is 5.92. The molecule has 1 amide bonds. The van der Waals surface area contributed by atoms with Crippen molar-refractivity contribution in [2.45, 2.75) is 32.9 Å². The van der Waals surface area contributed by atoms with Gasteiger partial charge in [0.05, 0.1) is 11.0 Å². The second kappa shape index (κ2) is 12.1. The van der Waals surface area contributed by atoms with Crippen molar-refractivity contribution in [2.75, 3.05) is 6.54 Å². The van der Waals surface area contributed by atoms with E-state index in [9.17, 15) is 4.79 Å². The molecule has 0 bridgehead atoms. The van der Waals surface area contributed by atoms with Crippen LogP contribution in [-0.2, 0) is 13.2 Å². The molecule has 0 atom stereocenters. The fourth-order valence-corrected chi connectivity index (χ4v) is 5.11. The van der Waals surface area contributed by atoms with E-state index in [-0.39, 0.29) is 5.91 Å². The number of aromatic nitrogens is 2. The van der Waals surface area contributed by atoms with Crippen molar-refractivity contribution in [3.05, 3.63) is 132 Å². The number of benzene rings is 5. The summed E-state index contributed by atoms with van der Waals surface area (Å²) in [7, 11) is 0. The highest BCUT2D eigenvalue weighted by molar-refractivity contribution is 5.97. The normalized spacial score (nSPS) is 11.1. The van der Waals surface area contributed by atoms with Crippen LogP contribution in [0.15, 0.2) is 115 Å². The summed E-state index contributed by atoms with van der Waals surface area (Å²) in [6.07, 6.45) is 2.00. The molecule has 41 heavy (non-hydrogen) atoms. The molecule has 0 radical (unpaired) electrons. The molecule has 1 aromatic heterocycles. The van der Waals surface area contributed by atoms with Gasteiger partial charge in [0.2, 0.25) is 0 Å². The monoisotopic (exact) mass is 539 g/mol. The molecule has 1 N–H and O–H groups in total. The Balaban J connectivity index is 1.30. The zero-order valence-electron chi connectivity index (χ0n) is 23.2. The number of hydrogen-bond acceptors (Lipinski definition) is 3.